The highest BCUT2D eigenvalue weighted by Gasteiger charge is 2.27. The van der Waals surface area contributed by atoms with Crippen molar-refractivity contribution in [3.05, 3.63) is 58.8 Å². The van der Waals surface area contributed by atoms with Gasteiger partial charge in [-0.2, -0.15) is 0 Å². The monoisotopic (exact) mass is 407 g/mol. The molecule has 0 bridgehead atoms. The first-order valence-corrected chi connectivity index (χ1v) is 9.70. The molecule has 0 fully saturated rings. The number of anilines is 1. The number of nitrogens with one attached hydrogen (secondary N) is 1. The van der Waals surface area contributed by atoms with Gasteiger partial charge in [-0.1, -0.05) is 0 Å². The molecule has 1 amide bonds. The second-order valence-corrected chi connectivity index (χ2v) is 7.16. The summed E-state index contributed by atoms with van der Waals surface area (Å²) in [5.41, 5.74) is 3.01. The number of benzene rings is 2. The maximum atomic E-state index is 12.5. The van der Waals surface area contributed by atoms with E-state index in [0.717, 1.165) is 10.9 Å². The van der Waals surface area contributed by atoms with Gasteiger partial charge in [0.2, 0.25) is 11.7 Å². The van der Waals surface area contributed by atoms with Crippen molar-refractivity contribution in [1.29, 1.82) is 0 Å². The number of Topliss-reactive ketones (excluding diaryl/α,β-unsaturated/α-hetero) is 1. The summed E-state index contributed by atoms with van der Waals surface area (Å²) in [6, 6.07) is 10.3. The number of furan rings is 1. The van der Waals surface area contributed by atoms with Gasteiger partial charge in [0.1, 0.15) is 11.3 Å². The van der Waals surface area contributed by atoms with E-state index in [1.54, 1.807) is 50.2 Å². The van der Waals surface area contributed by atoms with Gasteiger partial charge in [-0.15, -0.1) is 0 Å². The van der Waals surface area contributed by atoms with E-state index in [-0.39, 0.29) is 23.4 Å². The Labute approximate surface area is 173 Å². The highest BCUT2D eigenvalue weighted by molar-refractivity contribution is 6.05. The molecule has 0 unspecified atom stereocenters. The molecule has 0 spiro atoms. The maximum Gasteiger partial charge on any atom is 0.375 e. The molecule has 7 nitrogen and oxygen atoms in total. The largest absolute Gasteiger partial charge is 0.494 e. The Morgan fingerprint density at radius 3 is 2.73 bits per heavy atom. The number of rotatable bonds is 6. The lowest BCUT2D eigenvalue weighted by molar-refractivity contribution is -0.116. The van der Waals surface area contributed by atoms with Gasteiger partial charge in [0.25, 0.3) is 0 Å². The number of ether oxygens (including phenoxy) is 2. The number of fused-ring (bicyclic) bond motifs is 2. The highest BCUT2D eigenvalue weighted by atomic mass is 16.5. The topological polar surface area (TPSA) is 94.8 Å². The maximum absolute atomic E-state index is 12.5. The summed E-state index contributed by atoms with van der Waals surface area (Å²) < 4.78 is 16.3. The third kappa shape index (κ3) is 3.43. The molecule has 0 radical (unpaired) electrons. The lowest BCUT2D eigenvalue weighted by atomic mass is 9.99. The van der Waals surface area contributed by atoms with Crippen LogP contribution in [-0.2, 0) is 9.53 Å². The van der Waals surface area contributed by atoms with E-state index >= 15 is 0 Å². The predicted octanol–water partition coefficient (Wildman–Crippen LogP) is 4.24. The Hall–Kier alpha value is -3.61. The van der Waals surface area contributed by atoms with E-state index in [2.05, 4.69) is 5.32 Å². The van der Waals surface area contributed by atoms with Gasteiger partial charge in [-0.3, -0.25) is 9.59 Å². The number of amides is 1. The Bertz CT molecular complexity index is 1180. The average Bonchev–Trinajstić information content (AvgIpc) is 3.22. The van der Waals surface area contributed by atoms with Crippen LogP contribution in [0.5, 0.6) is 5.75 Å². The standard InChI is InChI=1S/C23H21NO6/c1-4-28-15-6-8-20-17(10-15)12(2)21(30-20)23(27)29-11-19(25)14-5-7-18-16(9-14)13(3)22(26)24-18/h5-10,13H,4,11H2,1-3H3,(H,24,26)/t13-/m1/s1. The van der Waals surface area contributed by atoms with Crippen LogP contribution in [0.25, 0.3) is 11.0 Å². The Balaban J connectivity index is 1.48. The zero-order chi connectivity index (χ0) is 21.4. The van der Waals surface area contributed by atoms with Crippen molar-refractivity contribution < 1.29 is 28.3 Å². The second-order valence-electron chi connectivity index (χ2n) is 7.16. The zero-order valence-electron chi connectivity index (χ0n) is 16.9. The highest BCUT2D eigenvalue weighted by Crippen LogP contribution is 2.33. The van der Waals surface area contributed by atoms with Crippen molar-refractivity contribution in [3.63, 3.8) is 0 Å². The molecule has 1 atom stereocenters. The quantitative estimate of drug-likeness (QED) is 0.485. The van der Waals surface area contributed by atoms with Crippen LogP contribution < -0.4 is 10.1 Å². The van der Waals surface area contributed by atoms with E-state index in [4.69, 9.17) is 13.9 Å². The first-order chi connectivity index (χ1) is 14.4. The molecular formula is C23H21NO6. The Morgan fingerprint density at radius 2 is 1.97 bits per heavy atom. The van der Waals surface area contributed by atoms with E-state index in [1.807, 2.05) is 6.92 Å². The fraction of sp³-hybridized carbons (Fsp3) is 0.261. The Morgan fingerprint density at radius 1 is 1.17 bits per heavy atom. The lowest BCUT2D eigenvalue weighted by Crippen LogP contribution is -2.14. The minimum atomic E-state index is -0.707. The normalized spacial score (nSPS) is 15.0. The van der Waals surface area contributed by atoms with Crippen molar-refractivity contribution in [2.24, 2.45) is 0 Å². The first kappa shape index (κ1) is 19.7. The van der Waals surface area contributed by atoms with Crippen molar-refractivity contribution >= 4 is 34.3 Å². The zero-order valence-corrected chi connectivity index (χ0v) is 16.9. The van der Waals surface area contributed by atoms with Crippen molar-refractivity contribution in [2.45, 2.75) is 26.7 Å². The molecule has 0 saturated heterocycles. The first-order valence-electron chi connectivity index (χ1n) is 9.70. The number of ketones is 1. The summed E-state index contributed by atoms with van der Waals surface area (Å²) in [5, 5.41) is 3.51. The summed E-state index contributed by atoms with van der Waals surface area (Å²) in [7, 11) is 0. The average molecular weight is 407 g/mol. The minimum Gasteiger partial charge on any atom is -0.494 e. The van der Waals surface area contributed by atoms with Gasteiger partial charge in [0.15, 0.2) is 12.4 Å². The molecule has 30 heavy (non-hydrogen) atoms. The van der Waals surface area contributed by atoms with Gasteiger partial charge in [-0.05, 0) is 62.7 Å². The summed E-state index contributed by atoms with van der Waals surface area (Å²) >= 11 is 0. The van der Waals surface area contributed by atoms with Crippen LogP contribution in [0.1, 0.15) is 51.8 Å². The van der Waals surface area contributed by atoms with Gasteiger partial charge in [0.05, 0.1) is 12.5 Å². The molecular weight excluding hydrogens is 386 g/mol. The van der Waals surface area contributed by atoms with Crippen LogP contribution in [0.3, 0.4) is 0 Å². The lowest BCUT2D eigenvalue weighted by Gasteiger charge is -2.06. The number of esters is 1. The van der Waals surface area contributed by atoms with E-state index < -0.39 is 12.6 Å². The molecule has 1 N–H and O–H groups in total. The summed E-state index contributed by atoms with van der Waals surface area (Å²) in [6.07, 6.45) is 0. The number of hydrogen-bond acceptors (Lipinski definition) is 6. The van der Waals surface area contributed by atoms with Gasteiger partial charge in [-0.25, -0.2) is 4.79 Å². The van der Waals surface area contributed by atoms with E-state index in [9.17, 15) is 14.4 Å². The van der Waals surface area contributed by atoms with Crippen LogP contribution in [0.15, 0.2) is 40.8 Å². The molecule has 0 saturated carbocycles. The molecule has 2 heterocycles. The third-order valence-electron chi connectivity index (χ3n) is 5.23. The van der Waals surface area contributed by atoms with Crippen LogP contribution in [-0.4, -0.2) is 30.9 Å². The summed E-state index contributed by atoms with van der Waals surface area (Å²) in [4.78, 5) is 36.8. The van der Waals surface area contributed by atoms with Crippen molar-refractivity contribution in [2.75, 3.05) is 18.5 Å². The minimum absolute atomic E-state index is 0.0591. The summed E-state index contributed by atoms with van der Waals surface area (Å²) in [5.74, 6) is -0.748. The van der Waals surface area contributed by atoms with Crippen molar-refractivity contribution in [3.8, 4) is 5.75 Å². The SMILES string of the molecule is CCOc1ccc2oc(C(=O)OCC(=O)c3ccc4c(c3)[C@@H](C)C(=O)N4)c(C)c2c1. The van der Waals surface area contributed by atoms with Gasteiger partial charge >= 0.3 is 5.97 Å². The molecule has 1 aliphatic heterocycles. The molecule has 4 rings (SSSR count). The smallest absolute Gasteiger partial charge is 0.375 e. The summed E-state index contributed by atoms with van der Waals surface area (Å²) in [6.45, 7) is 5.53. The van der Waals surface area contributed by atoms with Gasteiger partial charge < -0.3 is 19.2 Å². The van der Waals surface area contributed by atoms with Crippen LogP contribution >= 0.6 is 0 Å². The second kappa shape index (κ2) is 7.67. The molecule has 1 aromatic heterocycles. The molecule has 154 valence electrons. The van der Waals surface area contributed by atoms with Crippen molar-refractivity contribution in [1.82, 2.24) is 0 Å². The number of aryl methyl sites for hydroxylation is 1. The Kier molecular flexibility index (Phi) is 5.03. The van der Waals surface area contributed by atoms with Crippen LogP contribution in [0.4, 0.5) is 5.69 Å². The van der Waals surface area contributed by atoms with Crippen LogP contribution in [0.2, 0.25) is 0 Å². The molecule has 3 aromatic rings. The van der Waals surface area contributed by atoms with Crippen LogP contribution in [0, 0.1) is 6.92 Å². The van der Waals surface area contributed by atoms with Gasteiger partial charge in [0, 0.05) is 22.2 Å². The fourth-order valence-corrected chi connectivity index (χ4v) is 3.52. The third-order valence-corrected chi connectivity index (χ3v) is 5.23. The molecule has 2 aromatic carbocycles. The number of carbonyl (C=O) groups is 3. The van der Waals surface area contributed by atoms with E-state index in [0.29, 0.717) is 34.8 Å². The number of carbonyl (C=O) groups excluding carboxylic acids is 3. The molecule has 1 aliphatic rings. The molecule has 0 aliphatic carbocycles. The van der Waals surface area contributed by atoms with E-state index in [1.165, 1.54) is 0 Å². The predicted molar refractivity (Wildman–Crippen MR) is 110 cm³/mol. The molecule has 7 heteroatoms. The fourth-order valence-electron chi connectivity index (χ4n) is 3.52. The number of hydrogen-bond donors (Lipinski definition) is 1.